The Morgan fingerprint density at radius 2 is 1.78 bits per heavy atom. The minimum atomic E-state index is -0.660. The predicted molar refractivity (Wildman–Crippen MR) is 181 cm³/mol. The fourth-order valence-corrected chi connectivity index (χ4v) is 7.79. The van der Waals surface area contributed by atoms with Crippen LogP contribution in [-0.2, 0) is 23.9 Å². The molecule has 12 heteroatoms. The zero-order valence-electron chi connectivity index (χ0n) is 27.2. The number of carbonyl (C=O) groups is 2. The van der Waals surface area contributed by atoms with Crippen LogP contribution in [-0.4, -0.2) is 67.3 Å². The Labute approximate surface area is 287 Å². The van der Waals surface area contributed by atoms with Crippen molar-refractivity contribution in [3.05, 3.63) is 106 Å². The second-order valence-corrected chi connectivity index (χ2v) is 13.9. The number of nitrogens with zero attached hydrogens (tertiary/aromatic N) is 6. The average Bonchev–Trinajstić information content (AvgIpc) is 3.75. The lowest BCUT2D eigenvalue weighted by Crippen LogP contribution is -2.43. The first-order chi connectivity index (χ1) is 23.8. The minimum Gasteiger partial charge on any atom is -0.474 e. The van der Waals surface area contributed by atoms with Crippen LogP contribution in [0.25, 0.3) is 22.6 Å². The van der Waals surface area contributed by atoms with Gasteiger partial charge in [0, 0.05) is 55.5 Å². The van der Waals surface area contributed by atoms with Gasteiger partial charge in [0.2, 0.25) is 5.88 Å². The Morgan fingerprint density at radius 1 is 1.00 bits per heavy atom. The molecule has 2 saturated heterocycles. The second-order valence-electron chi connectivity index (χ2n) is 13.2. The molecule has 2 aliphatic heterocycles. The Hall–Kier alpha value is -5.10. The molecule has 49 heavy (non-hydrogen) atoms. The number of carbonyl (C=O) groups excluding carboxylic acids is 2. The van der Waals surface area contributed by atoms with E-state index < -0.39 is 5.54 Å². The molecule has 5 heterocycles. The van der Waals surface area contributed by atoms with Crippen molar-refractivity contribution in [3.8, 4) is 28.5 Å². The van der Waals surface area contributed by atoms with Crippen LogP contribution in [0.5, 0.6) is 5.88 Å². The molecule has 3 fully saturated rings. The molecule has 250 valence electrons. The molecule has 1 unspecified atom stereocenters. The van der Waals surface area contributed by atoms with Crippen molar-refractivity contribution in [1.29, 1.82) is 0 Å². The van der Waals surface area contributed by atoms with Crippen LogP contribution in [0.2, 0.25) is 0 Å². The number of halogens is 1. The summed E-state index contributed by atoms with van der Waals surface area (Å²) in [6.45, 7) is 3.96. The van der Waals surface area contributed by atoms with Gasteiger partial charge in [-0.15, -0.1) is 11.3 Å². The van der Waals surface area contributed by atoms with Crippen LogP contribution >= 0.6 is 11.3 Å². The topological polar surface area (TPSA) is 103 Å². The van der Waals surface area contributed by atoms with Gasteiger partial charge in [0.15, 0.2) is 0 Å². The maximum absolute atomic E-state index is 13.9. The Bertz CT molecular complexity index is 1990. The van der Waals surface area contributed by atoms with Crippen molar-refractivity contribution in [2.24, 2.45) is 18.9 Å². The van der Waals surface area contributed by atoms with Gasteiger partial charge in [-0.2, -0.15) is 5.10 Å². The molecule has 3 aliphatic rings. The lowest BCUT2D eigenvalue weighted by molar-refractivity contribution is 0.0688. The van der Waals surface area contributed by atoms with E-state index in [0.29, 0.717) is 42.6 Å². The van der Waals surface area contributed by atoms with Crippen LogP contribution in [0, 0.1) is 17.7 Å². The number of rotatable bonds is 8. The minimum absolute atomic E-state index is 0.0606. The molecule has 1 aliphatic carbocycles. The maximum atomic E-state index is 13.9. The SMILES string of the molecule is Cn1nc(-c2cscn2)cc1C(=O)N1C[C@@H]2[C@H](C1)[C@@H]2Oc1cc(C2(C)CCCN2C(=O)OCc2ccccc2)cc(-c2ccc(F)cc2)n1. The van der Waals surface area contributed by atoms with Crippen molar-refractivity contribution in [3.63, 3.8) is 0 Å². The van der Waals surface area contributed by atoms with E-state index in [1.807, 2.05) is 59.7 Å². The summed E-state index contributed by atoms with van der Waals surface area (Å²) >= 11 is 1.49. The highest BCUT2D eigenvalue weighted by Gasteiger charge is 2.59. The highest BCUT2D eigenvalue weighted by Crippen LogP contribution is 2.49. The van der Waals surface area contributed by atoms with E-state index in [4.69, 9.17) is 14.5 Å². The van der Waals surface area contributed by atoms with Crippen LogP contribution < -0.4 is 4.74 Å². The summed E-state index contributed by atoms with van der Waals surface area (Å²) in [4.78, 5) is 39.7. The number of benzene rings is 2. The van der Waals surface area contributed by atoms with E-state index in [1.165, 1.54) is 23.5 Å². The zero-order chi connectivity index (χ0) is 33.7. The highest BCUT2D eigenvalue weighted by atomic mass is 32.1. The number of likely N-dealkylation sites (tertiary alicyclic amines) is 2. The van der Waals surface area contributed by atoms with Crippen molar-refractivity contribution in [2.45, 2.75) is 38.0 Å². The lowest BCUT2D eigenvalue weighted by atomic mass is 9.89. The lowest BCUT2D eigenvalue weighted by Gasteiger charge is -2.35. The molecule has 0 radical (unpaired) electrons. The van der Waals surface area contributed by atoms with E-state index in [-0.39, 0.29) is 42.4 Å². The van der Waals surface area contributed by atoms with Gasteiger partial charge in [0.05, 0.1) is 16.7 Å². The number of thiazole rings is 1. The number of pyridine rings is 1. The molecule has 3 aromatic heterocycles. The number of aromatic nitrogens is 4. The Balaban J connectivity index is 1.00. The van der Waals surface area contributed by atoms with Crippen molar-refractivity contribution >= 4 is 23.3 Å². The van der Waals surface area contributed by atoms with Gasteiger partial charge in [-0.3, -0.25) is 14.4 Å². The van der Waals surface area contributed by atoms with E-state index in [2.05, 4.69) is 10.1 Å². The van der Waals surface area contributed by atoms with Gasteiger partial charge in [-0.1, -0.05) is 30.3 Å². The summed E-state index contributed by atoms with van der Waals surface area (Å²) in [7, 11) is 1.78. The van der Waals surface area contributed by atoms with Crippen LogP contribution in [0.4, 0.5) is 9.18 Å². The van der Waals surface area contributed by atoms with Gasteiger partial charge in [-0.25, -0.2) is 19.2 Å². The molecule has 1 saturated carbocycles. The van der Waals surface area contributed by atoms with Crippen LogP contribution in [0.1, 0.15) is 41.4 Å². The van der Waals surface area contributed by atoms with Gasteiger partial charge in [0.1, 0.15) is 35.6 Å². The van der Waals surface area contributed by atoms with Crippen LogP contribution in [0.3, 0.4) is 0 Å². The molecule has 2 aromatic carbocycles. The molecule has 0 N–H and O–H groups in total. The summed E-state index contributed by atoms with van der Waals surface area (Å²) in [6, 6.07) is 21.5. The molecule has 0 spiro atoms. The fraction of sp³-hybridized carbons (Fsp3) is 0.324. The van der Waals surface area contributed by atoms with E-state index in [0.717, 1.165) is 35.2 Å². The molecule has 4 atom stereocenters. The quantitative estimate of drug-likeness (QED) is 0.184. The van der Waals surface area contributed by atoms with E-state index in [9.17, 15) is 14.0 Å². The summed E-state index contributed by atoms with van der Waals surface area (Å²) in [5, 5.41) is 6.41. The molecular formula is C37H35FN6O4S. The van der Waals surface area contributed by atoms with E-state index in [1.54, 1.807) is 40.3 Å². The number of ether oxygens (including phenoxy) is 2. The standard InChI is InChI=1S/C37H35FN6O4S/c1-37(13-6-14-44(37)36(46)47-20-23-7-4-3-5-8-23)25-15-29(24-9-11-26(38)12-10-24)40-33(16-25)48-34-27-18-43(19-28(27)34)35(45)32-17-30(41-42(32)2)31-21-49-22-39-31/h3-5,7-12,15-17,21-22,27-28,34H,6,13-14,18-20H2,1-2H3/t27-,28+,34-,37?. The molecular weight excluding hydrogens is 644 g/mol. The van der Waals surface area contributed by atoms with Gasteiger partial charge in [-0.05, 0) is 67.3 Å². The maximum Gasteiger partial charge on any atom is 0.410 e. The van der Waals surface area contributed by atoms with Gasteiger partial charge < -0.3 is 14.4 Å². The fourth-order valence-electron chi connectivity index (χ4n) is 7.24. The molecule has 5 aromatic rings. The summed E-state index contributed by atoms with van der Waals surface area (Å²) in [6.07, 6.45) is 1.09. The monoisotopic (exact) mass is 678 g/mol. The van der Waals surface area contributed by atoms with E-state index >= 15 is 0 Å². The molecule has 2 amide bonds. The highest BCUT2D eigenvalue weighted by molar-refractivity contribution is 7.07. The number of amides is 2. The smallest absolute Gasteiger partial charge is 0.410 e. The first-order valence-electron chi connectivity index (χ1n) is 16.4. The van der Waals surface area contributed by atoms with Crippen molar-refractivity contribution in [2.75, 3.05) is 19.6 Å². The third-order valence-corrected chi connectivity index (χ3v) is 10.7. The third kappa shape index (κ3) is 5.94. The molecule has 8 rings (SSSR count). The Morgan fingerprint density at radius 3 is 2.51 bits per heavy atom. The van der Waals surface area contributed by atoms with Crippen LogP contribution in [0.15, 0.2) is 83.7 Å². The average molecular weight is 679 g/mol. The summed E-state index contributed by atoms with van der Waals surface area (Å²) < 4.78 is 27.8. The number of hydrogen-bond donors (Lipinski definition) is 0. The summed E-state index contributed by atoms with van der Waals surface area (Å²) in [5.74, 6) is 0.415. The number of hydrogen-bond acceptors (Lipinski definition) is 8. The van der Waals surface area contributed by atoms with Crippen molar-refractivity contribution < 1.29 is 23.5 Å². The first-order valence-corrected chi connectivity index (χ1v) is 17.4. The number of fused-ring (bicyclic) bond motifs is 1. The van der Waals surface area contributed by atoms with Gasteiger partial charge >= 0.3 is 6.09 Å². The number of aryl methyl sites for hydroxylation is 1. The second kappa shape index (κ2) is 12.4. The van der Waals surface area contributed by atoms with Gasteiger partial charge in [0.25, 0.3) is 5.91 Å². The molecule has 0 bridgehead atoms. The van der Waals surface area contributed by atoms with Crippen molar-refractivity contribution in [1.82, 2.24) is 29.5 Å². The first kappa shape index (κ1) is 31.2. The summed E-state index contributed by atoms with van der Waals surface area (Å²) in [5.41, 5.74) is 6.22. The Kier molecular flexibility index (Phi) is 7.90. The zero-order valence-corrected chi connectivity index (χ0v) is 28.0. The predicted octanol–water partition coefficient (Wildman–Crippen LogP) is 6.54. The largest absolute Gasteiger partial charge is 0.474 e. The third-order valence-electron chi connectivity index (χ3n) is 10.1. The molecule has 10 nitrogen and oxygen atoms in total. The normalized spacial score (nSPS) is 22.6. The number of piperidine rings is 1.